The lowest BCUT2D eigenvalue weighted by molar-refractivity contribution is -0.134. The van der Waals surface area contributed by atoms with Gasteiger partial charge in [-0.3, -0.25) is 9.78 Å². The predicted octanol–water partition coefficient (Wildman–Crippen LogP) is 3.04. The summed E-state index contributed by atoms with van der Waals surface area (Å²) >= 11 is 0. The van der Waals surface area contributed by atoms with Crippen LogP contribution in [0, 0.1) is 12.8 Å². The Balaban J connectivity index is 1.66. The first kappa shape index (κ1) is 17.6. The number of amides is 1. The van der Waals surface area contributed by atoms with Crippen molar-refractivity contribution in [2.75, 3.05) is 20.2 Å². The highest BCUT2D eigenvalue weighted by Gasteiger charge is 2.31. The zero-order valence-electron chi connectivity index (χ0n) is 15.0. The molecule has 25 heavy (non-hydrogen) atoms. The number of hydrogen-bond donors (Lipinski definition) is 0. The van der Waals surface area contributed by atoms with E-state index in [-0.39, 0.29) is 12.0 Å². The molecule has 1 aromatic carbocycles. The lowest BCUT2D eigenvalue weighted by atomic mass is 9.88. The Hall–Kier alpha value is -2.20. The van der Waals surface area contributed by atoms with Crippen LogP contribution < -0.4 is 0 Å². The summed E-state index contributed by atoms with van der Waals surface area (Å²) < 4.78 is 5.70. The minimum atomic E-state index is 0.155. The first-order valence-corrected chi connectivity index (χ1v) is 8.91. The molecule has 1 saturated heterocycles. The Morgan fingerprint density at radius 3 is 2.88 bits per heavy atom. The first-order chi connectivity index (χ1) is 12.2. The molecule has 0 unspecified atom stereocenters. The lowest BCUT2D eigenvalue weighted by Gasteiger charge is -2.38. The molecule has 1 amide bonds. The third-order valence-corrected chi connectivity index (χ3v) is 4.96. The highest BCUT2D eigenvalue weighted by Crippen LogP contribution is 2.24. The van der Waals surface area contributed by atoms with E-state index >= 15 is 0 Å². The average Bonchev–Trinajstić information content (AvgIpc) is 2.62. The summed E-state index contributed by atoms with van der Waals surface area (Å²) in [6.45, 7) is 3.62. The molecule has 1 aliphatic rings. The molecule has 2 aromatic rings. The molecule has 0 saturated carbocycles. The molecule has 2 heterocycles. The van der Waals surface area contributed by atoms with Gasteiger partial charge in [0.1, 0.15) is 0 Å². The number of aryl methyl sites for hydroxylation is 1. The first-order valence-electron chi connectivity index (χ1n) is 8.91. The van der Waals surface area contributed by atoms with E-state index < -0.39 is 0 Å². The minimum absolute atomic E-state index is 0.155. The van der Waals surface area contributed by atoms with E-state index in [0.29, 0.717) is 12.3 Å². The molecule has 0 radical (unpaired) electrons. The maximum absolute atomic E-state index is 12.7. The van der Waals surface area contributed by atoms with Crippen molar-refractivity contribution in [3.8, 4) is 0 Å². The van der Waals surface area contributed by atoms with Gasteiger partial charge >= 0.3 is 0 Å². The number of pyridine rings is 1. The molecule has 4 heteroatoms. The lowest BCUT2D eigenvalue weighted by Crippen LogP contribution is -2.47. The van der Waals surface area contributed by atoms with E-state index in [1.807, 2.05) is 23.1 Å². The fourth-order valence-electron chi connectivity index (χ4n) is 3.65. The second-order valence-electron chi connectivity index (χ2n) is 6.85. The molecule has 3 rings (SSSR count). The summed E-state index contributed by atoms with van der Waals surface area (Å²) in [7, 11) is 1.78. The Bertz CT molecular complexity index is 702. The number of rotatable bonds is 5. The summed E-state index contributed by atoms with van der Waals surface area (Å²) in [6, 6.07) is 14.3. The standard InChI is InChI=1S/C21H26N2O2/c1-16-6-5-7-17(12-16)13-18-15-23(11-9-20(18)25-2)21(24)14-19-8-3-4-10-22-19/h3-8,10,12,18,20H,9,11,13-15H2,1-2H3/t18-,20-/m0/s1. The average molecular weight is 338 g/mol. The highest BCUT2D eigenvalue weighted by molar-refractivity contribution is 5.78. The molecular weight excluding hydrogens is 312 g/mol. The van der Waals surface area contributed by atoms with Gasteiger partial charge in [0, 0.05) is 38.0 Å². The summed E-state index contributed by atoms with van der Waals surface area (Å²) in [4.78, 5) is 18.9. The minimum Gasteiger partial charge on any atom is -0.381 e. The van der Waals surface area contributed by atoms with Crippen LogP contribution in [0.25, 0.3) is 0 Å². The summed E-state index contributed by atoms with van der Waals surface area (Å²) in [5, 5.41) is 0. The third kappa shape index (κ3) is 4.67. The zero-order chi connectivity index (χ0) is 17.6. The summed E-state index contributed by atoms with van der Waals surface area (Å²) in [5.41, 5.74) is 3.41. The predicted molar refractivity (Wildman–Crippen MR) is 98.3 cm³/mol. The molecular formula is C21H26N2O2. The Labute approximate surface area is 149 Å². The number of piperidine rings is 1. The van der Waals surface area contributed by atoms with Crippen molar-refractivity contribution < 1.29 is 9.53 Å². The molecule has 0 N–H and O–H groups in total. The summed E-state index contributed by atoms with van der Waals surface area (Å²) in [6.07, 6.45) is 4.14. The van der Waals surface area contributed by atoms with Gasteiger partial charge in [0.15, 0.2) is 0 Å². The van der Waals surface area contributed by atoms with Crippen molar-refractivity contribution in [3.05, 3.63) is 65.5 Å². The normalized spacial score (nSPS) is 20.5. The smallest absolute Gasteiger partial charge is 0.228 e. The molecule has 1 aromatic heterocycles. The van der Waals surface area contributed by atoms with E-state index in [2.05, 4.69) is 36.2 Å². The highest BCUT2D eigenvalue weighted by atomic mass is 16.5. The number of carbonyl (C=O) groups is 1. The SMILES string of the molecule is CO[C@H]1CCN(C(=O)Cc2ccccn2)C[C@@H]1Cc1cccc(C)c1. The van der Waals surface area contributed by atoms with Crippen LogP contribution in [0.15, 0.2) is 48.7 Å². The van der Waals surface area contributed by atoms with Crippen molar-refractivity contribution in [2.45, 2.75) is 32.3 Å². The molecule has 1 fully saturated rings. The number of methoxy groups -OCH3 is 1. The van der Waals surface area contributed by atoms with Crippen molar-refractivity contribution in [3.63, 3.8) is 0 Å². The van der Waals surface area contributed by atoms with Crippen molar-refractivity contribution in [1.29, 1.82) is 0 Å². The van der Waals surface area contributed by atoms with Gasteiger partial charge in [-0.05, 0) is 37.5 Å². The van der Waals surface area contributed by atoms with Gasteiger partial charge in [-0.2, -0.15) is 0 Å². The Morgan fingerprint density at radius 1 is 1.28 bits per heavy atom. The maximum Gasteiger partial charge on any atom is 0.228 e. The number of likely N-dealkylation sites (tertiary alicyclic amines) is 1. The van der Waals surface area contributed by atoms with Gasteiger partial charge in [-0.15, -0.1) is 0 Å². The number of ether oxygens (including phenoxy) is 1. The van der Waals surface area contributed by atoms with E-state index in [1.165, 1.54) is 11.1 Å². The third-order valence-electron chi connectivity index (χ3n) is 4.96. The largest absolute Gasteiger partial charge is 0.381 e. The van der Waals surface area contributed by atoms with Gasteiger partial charge in [0.25, 0.3) is 0 Å². The van der Waals surface area contributed by atoms with E-state index in [0.717, 1.165) is 31.6 Å². The van der Waals surface area contributed by atoms with Crippen LogP contribution in [0.2, 0.25) is 0 Å². The fraction of sp³-hybridized carbons (Fsp3) is 0.429. The number of aromatic nitrogens is 1. The van der Waals surface area contributed by atoms with E-state index in [4.69, 9.17) is 4.74 Å². The van der Waals surface area contributed by atoms with Gasteiger partial charge in [0.2, 0.25) is 5.91 Å². The second-order valence-corrected chi connectivity index (χ2v) is 6.85. The van der Waals surface area contributed by atoms with Crippen LogP contribution in [0.5, 0.6) is 0 Å². The molecule has 0 spiro atoms. The monoisotopic (exact) mass is 338 g/mol. The summed E-state index contributed by atoms with van der Waals surface area (Å²) in [5.74, 6) is 0.482. The van der Waals surface area contributed by atoms with E-state index in [9.17, 15) is 4.79 Å². The quantitative estimate of drug-likeness (QED) is 0.841. The number of benzene rings is 1. The Kier molecular flexibility index (Phi) is 5.82. The molecule has 132 valence electrons. The maximum atomic E-state index is 12.7. The van der Waals surface area contributed by atoms with Gasteiger partial charge in [0.05, 0.1) is 12.5 Å². The molecule has 0 bridgehead atoms. The molecule has 2 atom stereocenters. The van der Waals surface area contributed by atoms with Crippen LogP contribution in [-0.2, 0) is 22.4 Å². The van der Waals surface area contributed by atoms with Crippen molar-refractivity contribution in [1.82, 2.24) is 9.88 Å². The fourth-order valence-corrected chi connectivity index (χ4v) is 3.65. The Morgan fingerprint density at radius 2 is 2.16 bits per heavy atom. The molecule has 0 aliphatic carbocycles. The molecule has 1 aliphatic heterocycles. The van der Waals surface area contributed by atoms with E-state index in [1.54, 1.807) is 13.3 Å². The van der Waals surface area contributed by atoms with Crippen LogP contribution >= 0.6 is 0 Å². The number of carbonyl (C=O) groups excluding carboxylic acids is 1. The topological polar surface area (TPSA) is 42.4 Å². The second kappa shape index (κ2) is 8.26. The van der Waals surface area contributed by atoms with Crippen LogP contribution in [0.4, 0.5) is 0 Å². The number of nitrogens with zero attached hydrogens (tertiary/aromatic N) is 2. The van der Waals surface area contributed by atoms with Crippen LogP contribution in [-0.4, -0.2) is 42.1 Å². The van der Waals surface area contributed by atoms with Crippen LogP contribution in [0.1, 0.15) is 23.2 Å². The van der Waals surface area contributed by atoms with Gasteiger partial charge in [-0.25, -0.2) is 0 Å². The number of hydrogen-bond acceptors (Lipinski definition) is 3. The van der Waals surface area contributed by atoms with Crippen molar-refractivity contribution >= 4 is 5.91 Å². The van der Waals surface area contributed by atoms with Gasteiger partial charge in [-0.1, -0.05) is 35.9 Å². The van der Waals surface area contributed by atoms with Gasteiger partial charge < -0.3 is 9.64 Å². The molecule has 4 nitrogen and oxygen atoms in total. The van der Waals surface area contributed by atoms with Crippen molar-refractivity contribution in [2.24, 2.45) is 5.92 Å². The van der Waals surface area contributed by atoms with Crippen LogP contribution in [0.3, 0.4) is 0 Å². The zero-order valence-corrected chi connectivity index (χ0v) is 15.0.